The number of hydrogen-bond acceptors (Lipinski definition) is 3. The van der Waals surface area contributed by atoms with E-state index in [1.807, 2.05) is 6.92 Å². The Labute approximate surface area is 97.2 Å². The maximum Gasteiger partial charge on any atom is 0.164 e. The molecule has 0 aliphatic heterocycles. The second-order valence-corrected chi connectivity index (χ2v) is 5.33. The summed E-state index contributed by atoms with van der Waals surface area (Å²) in [4.78, 5) is 4.30. The monoisotopic (exact) mass is 222 g/mol. The molecule has 0 radical (unpaired) electrons. The van der Waals surface area contributed by atoms with E-state index in [1.165, 1.54) is 19.3 Å². The molecule has 2 unspecified atom stereocenters. The van der Waals surface area contributed by atoms with Crippen molar-refractivity contribution in [1.82, 2.24) is 20.5 Å². The van der Waals surface area contributed by atoms with Crippen LogP contribution in [0.15, 0.2) is 0 Å². The van der Waals surface area contributed by atoms with Crippen molar-refractivity contribution in [3.8, 4) is 0 Å². The zero-order valence-electron chi connectivity index (χ0n) is 10.5. The van der Waals surface area contributed by atoms with E-state index in [-0.39, 0.29) is 0 Å². The lowest BCUT2D eigenvalue weighted by Gasteiger charge is -2.31. The molecule has 2 N–H and O–H groups in total. The van der Waals surface area contributed by atoms with Gasteiger partial charge in [-0.3, -0.25) is 5.10 Å². The molecule has 90 valence electrons. The first-order valence-electron chi connectivity index (χ1n) is 6.24. The lowest BCUT2D eigenvalue weighted by molar-refractivity contribution is 0.237. The zero-order valence-corrected chi connectivity index (χ0v) is 10.5. The molecule has 0 spiro atoms. The van der Waals surface area contributed by atoms with Gasteiger partial charge in [0.2, 0.25) is 0 Å². The lowest BCUT2D eigenvalue weighted by Crippen LogP contribution is -2.36. The van der Waals surface area contributed by atoms with Crippen LogP contribution < -0.4 is 5.32 Å². The number of nitrogens with zero attached hydrogens (tertiary/aromatic N) is 2. The first kappa shape index (κ1) is 11.6. The predicted octanol–water partition coefficient (Wildman–Crippen LogP) is 2.03. The molecule has 2 atom stereocenters. The van der Waals surface area contributed by atoms with Crippen LogP contribution in [0.1, 0.15) is 44.8 Å². The Balaban J connectivity index is 1.81. The van der Waals surface area contributed by atoms with Gasteiger partial charge in [-0.1, -0.05) is 13.8 Å². The highest BCUT2D eigenvalue weighted by Gasteiger charge is 2.23. The van der Waals surface area contributed by atoms with E-state index in [9.17, 15) is 0 Å². The molecule has 0 amide bonds. The SMILES string of the molecule is Cc1nc(CNC2CC(C)CC(C)C2)n[nH]1. The van der Waals surface area contributed by atoms with Crippen LogP contribution in [0.4, 0.5) is 0 Å². The zero-order chi connectivity index (χ0) is 11.5. The number of nitrogens with one attached hydrogen (secondary N) is 2. The van der Waals surface area contributed by atoms with Gasteiger partial charge in [-0.2, -0.15) is 5.10 Å². The summed E-state index contributed by atoms with van der Waals surface area (Å²) in [6.07, 6.45) is 3.94. The maximum atomic E-state index is 4.30. The van der Waals surface area contributed by atoms with Gasteiger partial charge in [0.05, 0.1) is 6.54 Å². The van der Waals surface area contributed by atoms with Crippen LogP contribution >= 0.6 is 0 Å². The highest BCUT2D eigenvalue weighted by atomic mass is 15.2. The number of rotatable bonds is 3. The summed E-state index contributed by atoms with van der Waals surface area (Å²) < 4.78 is 0. The molecule has 1 fully saturated rings. The highest BCUT2D eigenvalue weighted by Crippen LogP contribution is 2.28. The van der Waals surface area contributed by atoms with Gasteiger partial charge in [0.15, 0.2) is 5.82 Å². The van der Waals surface area contributed by atoms with Crippen LogP contribution in [-0.2, 0) is 6.54 Å². The van der Waals surface area contributed by atoms with E-state index in [4.69, 9.17) is 0 Å². The molecule has 1 aromatic heterocycles. The van der Waals surface area contributed by atoms with Gasteiger partial charge in [0.1, 0.15) is 5.82 Å². The van der Waals surface area contributed by atoms with E-state index < -0.39 is 0 Å². The van der Waals surface area contributed by atoms with E-state index >= 15 is 0 Å². The van der Waals surface area contributed by atoms with Crippen LogP contribution in [0, 0.1) is 18.8 Å². The van der Waals surface area contributed by atoms with Crippen molar-refractivity contribution in [2.75, 3.05) is 0 Å². The van der Waals surface area contributed by atoms with Crippen LogP contribution in [0.25, 0.3) is 0 Å². The minimum absolute atomic E-state index is 0.637. The second kappa shape index (κ2) is 4.95. The molecule has 1 aromatic rings. The van der Waals surface area contributed by atoms with Crippen molar-refractivity contribution in [1.29, 1.82) is 0 Å². The number of aromatic amines is 1. The van der Waals surface area contributed by atoms with Gasteiger partial charge >= 0.3 is 0 Å². The van der Waals surface area contributed by atoms with Gasteiger partial charge in [-0.25, -0.2) is 4.98 Å². The molecule has 1 heterocycles. The van der Waals surface area contributed by atoms with Crippen molar-refractivity contribution >= 4 is 0 Å². The first-order chi connectivity index (χ1) is 7.63. The lowest BCUT2D eigenvalue weighted by atomic mass is 9.80. The molecule has 2 rings (SSSR count). The largest absolute Gasteiger partial charge is 0.307 e. The molecule has 4 heteroatoms. The Kier molecular flexibility index (Phi) is 3.59. The van der Waals surface area contributed by atoms with Crippen molar-refractivity contribution in [2.45, 2.75) is 52.6 Å². The molecule has 1 aliphatic rings. The number of H-pyrrole nitrogens is 1. The highest BCUT2D eigenvalue weighted by molar-refractivity contribution is 4.88. The summed E-state index contributed by atoms with van der Waals surface area (Å²) in [6, 6.07) is 0.637. The normalized spacial score (nSPS) is 30.6. The fraction of sp³-hybridized carbons (Fsp3) is 0.833. The van der Waals surface area contributed by atoms with Gasteiger partial charge in [-0.05, 0) is 38.0 Å². The van der Waals surface area contributed by atoms with Crippen LogP contribution in [0.5, 0.6) is 0 Å². The summed E-state index contributed by atoms with van der Waals surface area (Å²) in [5.41, 5.74) is 0. The predicted molar refractivity (Wildman–Crippen MR) is 63.9 cm³/mol. The minimum atomic E-state index is 0.637. The van der Waals surface area contributed by atoms with E-state index in [0.29, 0.717) is 6.04 Å². The van der Waals surface area contributed by atoms with Crippen LogP contribution in [0.3, 0.4) is 0 Å². The van der Waals surface area contributed by atoms with Crippen molar-refractivity contribution in [2.24, 2.45) is 11.8 Å². The van der Waals surface area contributed by atoms with Crippen LogP contribution in [0.2, 0.25) is 0 Å². The number of aromatic nitrogens is 3. The van der Waals surface area contributed by atoms with E-state index in [2.05, 4.69) is 34.3 Å². The average Bonchev–Trinajstić information content (AvgIpc) is 2.60. The molecular formula is C12H22N4. The van der Waals surface area contributed by atoms with Crippen molar-refractivity contribution in [3.63, 3.8) is 0 Å². The first-order valence-corrected chi connectivity index (χ1v) is 6.24. The Bertz CT molecular complexity index is 324. The van der Waals surface area contributed by atoms with Gasteiger partial charge < -0.3 is 5.32 Å². The molecule has 0 bridgehead atoms. The standard InChI is InChI=1S/C12H22N4/c1-8-4-9(2)6-11(5-8)13-7-12-14-10(3)15-16-12/h8-9,11,13H,4-7H2,1-3H3,(H,14,15,16). The topological polar surface area (TPSA) is 53.6 Å². The van der Waals surface area contributed by atoms with E-state index in [1.54, 1.807) is 0 Å². The fourth-order valence-corrected chi connectivity index (χ4v) is 2.82. The van der Waals surface area contributed by atoms with E-state index in [0.717, 1.165) is 30.0 Å². The fourth-order valence-electron chi connectivity index (χ4n) is 2.82. The average molecular weight is 222 g/mol. The summed E-state index contributed by atoms with van der Waals surface area (Å²) >= 11 is 0. The van der Waals surface area contributed by atoms with Gasteiger partial charge in [0, 0.05) is 6.04 Å². The Morgan fingerprint density at radius 1 is 1.25 bits per heavy atom. The summed E-state index contributed by atoms with van der Waals surface area (Å²) in [5, 5.41) is 10.6. The molecule has 1 saturated carbocycles. The molecule has 0 saturated heterocycles. The molecule has 1 aliphatic carbocycles. The quantitative estimate of drug-likeness (QED) is 0.822. The van der Waals surface area contributed by atoms with Crippen molar-refractivity contribution < 1.29 is 0 Å². The van der Waals surface area contributed by atoms with Crippen molar-refractivity contribution in [3.05, 3.63) is 11.6 Å². The number of hydrogen-bond donors (Lipinski definition) is 2. The number of aryl methyl sites for hydroxylation is 1. The Hall–Kier alpha value is -0.900. The summed E-state index contributed by atoms with van der Waals surface area (Å²) in [5.74, 6) is 3.45. The third kappa shape index (κ3) is 3.04. The second-order valence-electron chi connectivity index (χ2n) is 5.33. The molecule has 16 heavy (non-hydrogen) atoms. The molecule has 0 aromatic carbocycles. The third-order valence-electron chi connectivity index (χ3n) is 3.37. The Morgan fingerprint density at radius 3 is 2.50 bits per heavy atom. The third-order valence-corrected chi connectivity index (χ3v) is 3.37. The molecular weight excluding hydrogens is 200 g/mol. The van der Waals surface area contributed by atoms with Gasteiger partial charge in [-0.15, -0.1) is 0 Å². The summed E-state index contributed by atoms with van der Waals surface area (Å²) in [6.45, 7) is 7.41. The van der Waals surface area contributed by atoms with Gasteiger partial charge in [0.25, 0.3) is 0 Å². The summed E-state index contributed by atoms with van der Waals surface area (Å²) in [7, 11) is 0. The van der Waals surface area contributed by atoms with Crippen LogP contribution in [-0.4, -0.2) is 21.2 Å². The Morgan fingerprint density at radius 2 is 1.94 bits per heavy atom. The minimum Gasteiger partial charge on any atom is -0.307 e. The maximum absolute atomic E-state index is 4.30. The molecule has 4 nitrogen and oxygen atoms in total. The smallest absolute Gasteiger partial charge is 0.164 e.